The summed E-state index contributed by atoms with van der Waals surface area (Å²) < 4.78 is 10.8. The molecule has 0 radical (unpaired) electrons. The van der Waals surface area contributed by atoms with Gasteiger partial charge < -0.3 is 19.5 Å². The van der Waals surface area contributed by atoms with E-state index in [1.54, 1.807) is 30.3 Å². The van der Waals surface area contributed by atoms with Crippen LogP contribution < -0.4 is 19.3 Å². The number of amides is 1. The Bertz CT molecular complexity index is 1400. The largest absolute Gasteiger partial charge is 0.507 e. The second-order valence-corrected chi connectivity index (χ2v) is 9.30. The van der Waals surface area contributed by atoms with Gasteiger partial charge in [0.15, 0.2) is 0 Å². The molecular formula is C28H25ClN2O5. The van der Waals surface area contributed by atoms with Gasteiger partial charge in [0.25, 0.3) is 11.7 Å². The van der Waals surface area contributed by atoms with Crippen LogP contribution in [-0.4, -0.2) is 44.6 Å². The number of ketones is 1. The fourth-order valence-electron chi connectivity index (χ4n) is 4.66. The van der Waals surface area contributed by atoms with Crippen LogP contribution in [0.25, 0.3) is 5.76 Å². The van der Waals surface area contributed by atoms with Crippen LogP contribution in [0.4, 0.5) is 11.4 Å². The summed E-state index contributed by atoms with van der Waals surface area (Å²) in [5.41, 5.74) is 3.48. The molecule has 184 valence electrons. The molecule has 5 rings (SSSR count). The van der Waals surface area contributed by atoms with E-state index in [0.717, 1.165) is 17.0 Å². The number of fused-ring (bicyclic) bond motifs is 1. The zero-order valence-corrected chi connectivity index (χ0v) is 20.9. The van der Waals surface area contributed by atoms with Crippen molar-refractivity contribution in [3.8, 4) is 11.5 Å². The van der Waals surface area contributed by atoms with Crippen molar-refractivity contribution in [3.05, 3.63) is 87.9 Å². The number of anilines is 2. The summed E-state index contributed by atoms with van der Waals surface area (Å²) in [6.45, 7) is 0.570. The molecule has 0 aromatic heterocycles. The number of carbonyl (C=O) groups is 2. The number of Topliss-reactive ketones (excluding diaryl/α,β-unsaturated/α-hetero) is 1. The molecule has 1 unspecified atom stereocenters. The number of aliphatic hydroxyl groups excluding tert-OH is 1. The van der Waals surface area contributed by atoms with Crippen molar-refractivity contribution in [1.29, 1.82) is 0 Å². The molecule has 2 heterocycles. The Morgan fingerprint density at radius 2 is 1.83 bits per heavy atom. The van der Waals surface area contributed by atoms with Gasteiger partial charge in [0.1, 0.15) is 17.3 Å². The van der Waals surface area contributed by atoms with Crippen molar-refractivity contribution in [2.45, 2.75) is 12.5 Å². The molecular weight excluding hydrogens is 480 g/mol. The number of benzene rings is 3. The van der Waals surface area contributed by atoms with Gasteiger partial charge in [-0.15, -0.1) is 0 Å². The molecule has 0 bridgehead atoms. The van der Waals surface area contributed by atoms with Crippen LogP contribution in [0, 0.1) is 0 Å². The molecule has 1 atom stereocenters. The number of hydrogen-bond acceptors (Lipinski definition) is 6. The van der Waals surface area contributed by atoms with Crippen LogP contribution in [0.5, 0.6) is 11.5 Å². The van der Waals surface area contributed by atoms with Gasteiger partial charge in [0.05, 0.1) is 30.4 Å². The highest BCUT2D eigenvalue weighted by atomic mass is 35.5. The lowest BCUT2D eigenvalue weighted by molar-refractivity contribution is -0.132. The number of rotatable bonds is 5. The van der Waals surface area contributed by atoms with Crippen LogP contribution in [0.15, 0.2) is 66.2 Å². The predicted octanol–water partition coefficient (Wildman–Crippen LogP) is 4.98. The molecule has 0 spiro atoms. The van der Waals surface area contributed by atoms with Crippen molar-refractivity contribution < 1.29 is 24.2 Å². The first kappa shape index (κ1) is 23.8. The molecule has 1 N–H and O–H groups in total. The summed E-state index contributed by atoms with van der Waals surface area (Å²) in [4.78, 5) is 30.1. The number of hydrogen-bond donors (Lipinski definition) is 1. The smallest absolute Gasteiger partial charge is 0.300 e. The number of ether oxygens (including phenoxy) is 2. The third-order valence-corrected chi connectivity index (χ3v) is 6.84. The molecule has 36 heavy (non-hydrogen) atoms. The molecule has 1 amide bonds. The van der Waals surface area contributed by atoms with Crippen molar-refractivity contribution in [2.75, 3.05) is 37.6 Å². The summed E-state index contributed by atoms with van der Waals surface area (Å²) in [5, 5.41) is 11.7. The van der Waals surface area contributed by atoms with Crippen LogP contribution in [-0.2, 0) is 16.0 Å². The lowest BCUT2D eigenvalue weighted by atomic mass is 9.94. The second-order valence-electron chi connectivity index (χ2n) is 8.89. The van der Waals surface area contributed by atoms with Crippen LogP contribution in [0.1, 0.15) is 22.7 Å². The fraction of sp³-hybridized carbons (Fsp3) is 0.214. The maximum Gasteiger partial charge on any atom is 0.300 e. The highest BCUT2D eigenvalue weighted by Gasteiger charge is 2.47. The maximum absolute atomic E-state index is 13.4. The minimum atomic E-state index is -0.852. The maximum atomic E-state index is 13.4. The first-order chi connectivity index (χ1) is 17.3. The zero-order chi connectivity index (χ0) is 25.6. The van der Waals surface area contributed by atoms with Gasteiger partial charge in [0.2, 0.25) is 0 Å². The number of methoxy groups -OCH3 is 1. The molecule has 2 aliphatic rings. The SMILES string of the molecule is COc1ccc(N2C(=O)C(=O)/C(=C(\O)c3ccc4c(c3)CCO4)C2c2ccc(N(C)C)cc2)cc1Cl. The number of carbonyl (C=O) groups excluding carboxylic acids is 2. The third-order valence-electron chi connectivity index (χ3n) is 6.55. The topological polar surface area (TPSA) is 79.3 Å². The Morgan fingerprint density at radius 3 is 2.50 bits per heavy atom. The lowest BCUT2D eigenvalue weighted by Crippen LogP contribution is -2.29. The van der Waals surface area contributed by atoms with Crippen LogP contribution >= 0.6 is 11.6 Å². The van der Waals surface area contributed by atoms with E-state index in [1.807, 2.05) is 49.3 Å². The molecule has 1 fully saturated rings. The van der Waals surface area contributed by atoms with Gasteiger partial charge in [-0.25, -0.2) is 0 Å². The number of aliphatic hydroxyl groups is 1. The average Bonchev–Trinajstić information content (AvgIpc) is 3.45. The minimum Gasteiger partial charge on any atom is -0.507 e. The van der Waals surface area contributed by atoms with E-state index in [9.17, 15) is 14.7 Å². The Hall–Kier alpha value is -3.97. The standard InChI is InChI=1S/C28H25ClN2O5/c1-30(2)19-7-4-16(5-8-19)25-24(26(32)18-6-10-22-17(14-18)12-13-36-22)27(33)28(34)31(25)20-9-11-23(35-3)21(29)15-20/h4-11,14-15,25,32H,12-13H2,1-3H3/b26-24-. The van der Waals surface area contributed by atoms with Crippen molar-refractivity contribution in [3.63, 3.8) is 0 Å². The van der Waals surface area contributed by atoms with E-state index in [1.165, 1.54) is 12.0 Å². The van der Waals surface area contributed by atoms with Gasteiger partial charge in [0, 0.05) is 37.5 Å². The molecule has 8 heteroatoms. The zero-order valence-electron chi connectivity index (χ0n) is 20.1. The quantitative estimate of drug-likeness (QED) is 0.300. The monoisotopic (exact) mass is 504 g/mol. The van der Waals surface area contributed by atoms with E-state index < -0.39 is 17.7 Å². The van der Waals surface area contributed by atoms with Crippen molar-refractivity contribution >= 4 is 40.4 Å². The van der Waals surface area contributed by atoms with E-state index in [2.05, 4.69) is 0 Å². The van der Waals surface area contributed by atoms with E-state index >= 15 is 0 Å². The van der Waals surface area contributed by atoms with Gasteiger partial charge >= 0.3 is 0 Å². The molecule has 2 aliphatic heterocycles. The van der Waals surface area contributed by atoms with Crippen LogP contribution in [0.2, 0.25) is 5.02 Å². The summed E-state index contributed by atoms with van der Waals surface area (Å²) in [7, 11) is 5.36. The van der Waals surface area contributed by atoms with Gasteiger partial charge in [-0.05, 0) is 59.7 Å². The third kappa shape index (κ3) is 3.95. The molecule has 3 aromatic rings. The first-order valence-electron chi connectivity index (χ1n) is 11.5. The molecule has 0 aliphatic carbocycles. The van der Waals surface area contributed by atoms with E-state index in [-0.39, 0.29) is 11.3 Å². The summed E-state index contributed by atoms with van der Waals surface area (Å²) >= 11 is 6.36. The van der Waals surface area contributed by atoms with E-state index in [0.29, 0.717) is 40.6 Å². The Balaban J connectivity index is 1.69. The summed E-state index contributed by atoms with van der Waals surface area (Å²) in [6, 6.07) is 16.8. The van der Waals surface area contributed by atoms with Gasteiger partial charge in [-0.3, -0.25) is 14.5 Å². The molecule has 1 saturated heterocycles. The average molecular weight is 505 g/mol. The van der Waals surface area contributed by atoms with E-state index in [4.69, 9.17) is 21.1 Å². The lowest BCUT2D eigenvalue weighted by Gasteiger charge is -2.26. The molecule has 0 saturated carbocycles. The Kier molecular flexibility index (Phi) is 6.10. The summed E-state index contributed by atoms with van der Waals surface area (Å²) in [6.07, 6.45) is 0.713. The summed E-state index contributed by atoms with van der Waals surface area (Å²) in [5.74, 6) is -0.534. The number of halogens is 1. The van der Waals surface area contributed by atoms with Crippen LogP contribution in [0.3, 0.4) is 0 Å². The first-order valence-corrected chi connectivity index (χ1v) is 11.9. The van der Waals surface area contributed by atoms with Crippen molar-refractivity contribution in [1.82, 2.24) is 0 Å². The highest BCUT2D eigenvalue weighted by molar-refractivity contribution is 6.51. The molecule has 3 aromatic carbocycles. The van der Waals surface area contributed by atoms with Crippen molar-refractivity contribution in [2.24, 2.45) is 0 Å². The number of nitrogens with zero attached hydrogens (tertiary/aromatic N) is 2. The highest BCUT2D eigenvalue weighted by Crippen LogP contribution is 2.44. The van der Waals surface area contributed by atoms with Gasteiger partial charge in [-0.1, -0.05) is 23.7 Å². The predicted molar refractivity (Wildman–Crippen MR) is 139 cm³/mol. The fourth-order valence-corrected chi connectivity index (χ4v) is 4.92. The minimum absolute atomic E-state index is 0.0170. The van der Waals surface area contributed by atoms with Gasteiger partial charge in [-0.2, -0.15) is 0 Å². The Morgan fingerprint density at radius 1 is 1.08 bits per heavy atom. The molecule has 7 nitrogen and oxygen atoms in total. The normalized spacial score (nSPS) is 18.2. The second kappa shape index (κ2) is 9.24. The Labute approximate surface area is 214 Å².